The van der Waals surface area contributed by atoms with Crippen LogP contribution in [0.4, 0.5) is 5.82 Å². The summed E-state index contributed by atoms with van der Waals surface area (Å²) in [6.07, 6.45) is 3.66. The van der Waals surface area contributed by atoms with Crippen molar-refractivity contribution in [3.63, 3.8) is 0 Å². The number of carboxylic acid groups (broad SMARTS) is 1. The number of imidazole rings is 1. The molecule has 1 aromatic heterocycles. The average molecular weight is 225 g/mol. The third kappa shape index (κ3) is 3.08. The predicted octanol–water partition coefficient (Wildman–Crippen LogP) is 1.25. The SMILES string of the molecule is CCCCC(=O)Nc1cn(C)c(C(=O)O)n1. The van der Waals surface area contributed by atoms with Gasteiger partial charge in [0.15, 0.2) is 5.82 Å². The molecule has 16 heavy (non-hydrogen) atoms. The van der Waals surface area contributed by atoms with E-state index in [-0.39, 0.29) is 17.5 Å². The van der Waals surface area contributed by atoms with Crippen LogP contribution in [0.3, 0.4) is 0 Å². The molecule has 0 saturated carbocycles. The molecular weight excluding hydrogens is 210 g/mol. The van der Waals surface area contributed by atoms with E-state index in [2.05, 4.69) is 10.3 Å². The van der Waals surface area contributed by atoms with Gasteiger partial charge in [-0.15, -0.1) is 0 Å². The van der Waals surface area contributed by atoms with E-state index in [0.29, 0.717) is 6.42 Å². The Labute approximate surface area is 93.3 Å². The minimum Gasteiger partial charge on any atom is -0.475 e. The fraction of sp³-hybridized carbons (Fsp3) is 0.500. The van der Waals surface area contributed by atoms with Crippen molar-refractivity contribution in [1.29, 1.82) is 0 Å². The maximum atomic E-state index is 11.4. The zero-order chi connectivity index (χ0) is 12.1. The predicted molar refractivity (Wildman–Crippen MR) is 58.3 cm³/mol. The van der Waals surface area contributed by atoms with E-state index in [4.69, 9.17) is 5.11 Å². The molecule has 1 amide bonds. The molecule has 1 aromatic rings. The Morgan fingerprint density at radius 3 is 2.75 bits per heavy atom. The van der Waals surface area contributed by atoms with Gasteiger partial charge in [-0.3, -0.25) is 4.79 Å². The molecule has 1 heterocycles. The molecule has 2 N–H and O–H groups in total. The highest BCUT2D eigenvalue weighted by Gasteiger charge is 2.13. The summed E-state index contributed by atoms with van der Waals surface area (Å²) in [4.78, 5) is 25.8. The molecule has 1 rings (SSSR count). The van der Waals surface area contributed by atoms with Crippen molar-refractivity contribution < 1.29 is 14.7 Å². The minimum atomic E-state index is -1.11. The van der Waals surface area contributed by atoms with Gasteiger partial charge in [0.25, 0.3) is 0 Å². The lowest BCUT2D eigenvalue weighted by Crippen LogP contribution is -2.11. The van der Waals surface area contributed by atoms with Crippen LogP contribution in [-0.2, 0) is 11.8 Å². The Hall–Kier alpha value is -1.85. The van der Waals surface area contributed by atoms with Crippen LogP contribution in [0, 0.1) is 0 Å². The molecule has 0 saturated heterocycles. The van der Waals surface area contributed by atoms with Crippen LogP contribution in [0.5, 0.6) is 0 Å². The van der Waals surface area contributed by atoms with Crippen molar-refractivity contribution in [2.75, 3.05) is 5.32 Å². The van der Waals surface area contributed by atoms with Crippen LogP contribution < -0.4 is 5.32 Å². The topological polar surface area (TPSA) is 84.2 Å². The van der Waals surface area contributed by atoms with E-state index >= 15 is 0 Å². The first-order valence-electron chi connectivity index (χ1n) is 5.11. The smallest absolute Gasteiger partial charge is 0.372 e. The zero-order valence-electron chi connectivity index (χ0n) is 9.36. The molecule has 0 aromatic carbocycles. The number of nitrogens with zero attached hydrogens (tertiary/aromatic N) is 2. The van der Waals surface area contributed by atoms with Gasteiger partial charge < -0.3 is 15.0 Å². The second-order valence-corrected chi connectivity index (χ2v) is 3.52. The van der Waals surface area contributed by atoms with Gasteiger partial charge in [-0.1, -0.05) is 13.3 Å². The first-order chi connectivity index (χ1) is 7.54. The van der Waals surface area contributed by atoms with Gasteiger partial charge in [0, 0.05) is 19.7 Å². The first kappa shape index (κ1) is 12.2. The summed E-state index contributed by atoms with van der Waals surface area (Å²) in [6, 6.07) is 0. The first-order valence-corrected chi connectivity index (χ1v) is 5.11. The van der Waals surface area contributed by atoms with Gasteiger partial charge >= 0.3 is 5.97 Å². The number of anilines is 1. The number of hydrogen-bond donors (Lipinski definition) is 2. The molecule has 0 aliphatic rings. The van der Waals surface area contributed by atoms with E-state index in [1.165, 1.54) is 10.8 Å². The van der Waals surface area contributed by atoms with E-state index < -0.39 is 5.97 Å². The summed E-state index contributed by atoms with van der Waals surface area (Å²) in [6.45, 7) is 2.00. The lowest BCUT2D eigenvalue weighted by atomic mass is 10.2. The summed E-state index contributed by atoms with van der Waals surface area (Å²) in [5, 5.41) is 11.3. The Balaban J connectivity index is 2.64. The number of aromatic nitrogens is 2. The highest BCUT2D eigenvalue weighted by Crippen LogP contribution is 2.08. The van der Waals surface area contributed by atoms with E-state index in [0.717, 1.165) is 12.8 Å². The van der Waals surface area contributed by atoms with Crippen molar-refractivity contribution >= 4 is 17.7 Å². The highest BCUT2D eigenvalue weighted by atomic mass is 16.4. The molecular formula is C10H15N3O3. The van der Waals surface area contributed by atoms with Crippen molar-refractivity contribution in [3.05, 3.63) is 12.0 Å². The standard InChI is InChI=1S/C10H15N3O3/c1-3-4-5-8(14)11-7-6-13(2)9(12-7)10(15)16/h6H,3-5H2,1-2H3,(H,11,14)(H,15,16). The number of carbonyl (C=O) groups is 2. The second kappa shape index (κ2) is 5.29. The summed E-state index contributed by atoms with van der Waals surface area (Å²) >= 11 is 0. The molecule has 88 valence electrons. The molecule has 0 aliphatic heterocycles. The van der Waals surface area contributed by atoms with Gasteiger partial charge in [-0.25, -0.2) is 9.78 Å². The normalized spacial score (nSPS) is 10.1. The van der Waals surface area contributed by atoms with Crippen LogP contribution in [0.15, 0.2) is 6.20 Å². The Morgan fingerprint density at radius 2 is 2.25 bits per heavy atom. The van der Waals surface area contributed by atoms with E-state index in [1.54, 1.807) is 7.05 Å². The third-order valence-electron chi connectivity index (χ3n) is 2.09. The number of unbranched alkanes of at least 4 members (excludes halogenated alkanes) is 1. The fourth-order valence-corrected chi connectivity index (χ4v) is 1.27. The monoisotopic (exact) mass is 225 g/mol. The van der Waals surface area contributed by atoms with Crippen LogP contribution in [0.2, 0.25) is 0 Å². The van der Waals surface area contributed by atoms with E-state index in [9.17, 15) is 9.59 Å². The number of aryl methyl sites for hydroxylation is 1. The summed E-state index contributed by atoms with van der Waals surface area (Å²) in [5.74, 6) is -1.07. The van der Waals surface area contributed by atoms with Crippen LogP contribution >= 0.6 is 0 Å². The van der Waals surface area contributed by atoms with Gasteiger partial charge in [-0.2, -0.15) is 0 Å². The van der Waals surface area contributed by atoms with Crippen molar-refractivity contribution in [2.24, 2.45) is 7.05 Å². The molecule has 0 spiro atoms. The zero-order valence-corrected chi connectivity index (χ0v) is 9.36. The molecule has 0 unspecified atom stereocenters. The van der Waals surface area contributed by atoms with E-state index in [1.807, 2.05) is 6.92 Å². The van der Waals surface area contributed by atoms with Gasteiger partial charge in [0.1, 0.15) is 0 Å². The summed E-state index contributed by atoms with van der Waals surface area (Å²) in [5.41, 5.74) is 0. The highest BCUT2D eigenvalue weighted by molar-refractivity contribution is 5.91. The van der Waals surface area contributed by atoms with Crippen LogP contribution in [-0.4, -0.2) is 26.5 Å². The number of hydrogen-bond acceptors (Lipinski definition) is 3. The number of aromatic carboxylic acids is 1. The molecule has 0 radical (unpaired) electrons. The number of carbonyl (C=O) groups excluding carboxylic acids is 1. The molecule has 0 aliphatic carbocycles. The molecule has 0 bridgehead atoms. The quantitative estimate of drug-likeness (QED) is 0.789. The lowest BCUT2D eigenvalue weighted by molar-refractivity contribution is -0.116. The number of carboxylic acids is 1. The molecule has 0 fully saturated rings. The van der Waals surface area contributed by atoms with Gasteiger partial charge in [-0.05, 0) is 6.42 Å². The Morgan fingerprint density at radius 1 is 1.56 bits per heavy atom. The minimum absolute atomic E-state index is 0.0919. The van der Waals surface area contributed by atoms with Gasteiger partial charge in [0.2, 0.25) is 11.7 Å². The molecule has 6 heteroatoms. The Bertz CT molecular complexity index is 398. The second-order valence-electron chi connectivity index (χ2n) is 3.52. The Kier molecular flexibility index (Phi) is 4.04. The maximum absolute atomic E-state index is 11.4. The number of amides is 1. The summed E-state index contributed by atoms with van der Waals surface area (Å²) in [7, 11) is 1.57. The number of nitrogens with one attached hydrogen (secondary N) is 1. The summed E-state index contributed by atoms with van der Waals surface area (Å²) < 4.78 is 1.36. The largest absolute Gasteiger partial charge is 0.475 e. The van der Waals surface area contributed by atoms with Crippen LogP contribution in [0.25, 0.3) is 0 Å². The average Bonchev–Trinajstić information content (AvgIpc) is 2.56. The maximum Gasteiger partial charge on any atom is 0.372 e. The third-order valence-corrected chi connectivity index (χ3v) is 2.09. The molecule has 0 atom stereocenters. The van der Waals surface area contributed by atoms with Crippen molar-refractivity contribution in [1.82, 2.24) is 9.55 Å². The van der Waals surface area contributed by atoms with Crippen LogP contribution in [0.1, 0.15) is 36.8 Å². The van der Waals surface area contributed by atoms with Crippen molar-refractivity contribution in [2.45, 2.75) is 26.2 Å². The lowest BCUT2D eigenvalue weighted by Gasteiger charge is -1.99. The van der Waals surface area contributed by atoms with Gasteiger partial charge in [0.05, 0.1) is 0 Å². The molecule has 6 nitrogen and oxygen atoms in total. The number of rotatable bonds is 5. The van der Waals surface area contributed by atoms with Crippen molar-refractivity contribution in [3.8, 4) is 0 Å². The fourth-order valence-electron chi connectivity index (χ4n) is 1.27.